The molecule has 0 saturated heterocycles. The number of halogens is 3. The largest absolute Gasteiger partial charge is 0.417 e. The van der Waals surface area contributed by atoms with E-state index in [9.17, 15) is 18.0 Å². The minimum absolute atomic E-state index is 0.180. The summed E-state index contributed by atoms with van der Waals surface area (Å²) in [4.78, 5) is 15.0. The summed E-state index contributed by atoms with van der Waals surface area (Å²) in [5, 5.41) is 0. The van der Waals surface area contributed by atoms with Gasteiger partial charge in [-0.1, -0.05) is 0 Å². The number of alkyl halides is 3. The van der Waals surface area contributed by atoms with E-state index < -0.39 is 11.7 Å². The zero-order valence-corrected chi connectivity index (χ0v) is 7.84. The number of quaternary nitrogens is 1. The average Bonchev–Trinajstić information content (AvgIpc) is 2.17. The molecule has 3 nitrogen and oxygen atoms in total. The van der Waals surface area contributed by atoms with E-state index in [-0.39, 0.29) is 17.5 Å². The van der Waals surface area contributed by atoms with E-state index in [4.69, 9.17) is 0 Å². The summed E-state index contributed by atoms with van der Waals surface area (Å²) >= 11 is 0. The smallest absolute Gasteiger partial charge is 0.298 e. The van der Waals surface area contributed by atoms with Gasteiger partial charge in [0.25, 0.3) is 0 Å². The van der Waals surface area contributed by atoms with E-state index in [1.54, 1.807) is 0 Å². The molecule has 0 aliphatic heterocycles. The van der Waals surface area contributed by atoms with Crippen molar-refractivity contribution in [1.82, 2.24) is 0 Å². The highest BCUT2D eigenvalue weighted by Crippen LogP contribution is 2.32. The summed E-state index contributed by atoms with van der Waals surface area (Å²) in [6.07, 6.45) is -4.35. The molecule has 0 aromatic heterocycles. The molecule has 0 saturated carbocycles. The third-order valence-corrected chi connectivity index (χ3v) is 1.76. The maximum atomic E-state index is 12.4. The van der Waals surface area contributed by atoms with E-state index >= 15 is 0 Å². The number of aldehydes is 1. The minimum Gasteiger partial charge on any atom is -0.298 e. The van der Waals surface area contributed by atoms with Crippen LogP contribution in [0.1, 0.15) is 15.9 Å². The first-order valence-electron chi connectivity index (χ1n) is 4.01. The Morgan fingerprint density at radius 1 is 1.40 bits per heavy atom. The van der Waals surface area contributed by atoms with Crippen LogP contribution in [0.25, 0.3) is 0 Å². The molecule has 2 N–H and O–H groups in total. The van der Waals surface area contributed by atoms with Crippen molar-refractivity contribution in [1.29, 1.82) is 0 Å². The lowest BCUT2D eigenvalue weighted by molar-refractivity contribution is -0.830. The Labute approximate surface area is 83.8 Å². The second kappa shape index (κ2) is 4.41. The zero-order valence-electron chi connectivity index (χ0n) is 7.84. The van der Waals surface area contributed by atoms with Gasteiger partial charge in [-0.2, -0.15) is 18.7 Å². The van der Waals surface area contributed by atoms with Crippen LogP contribution >= 0.6 is 0 Å². The quantitative estimate of drug-likeness (QED) is 0.473. The van der Waals surface area contributed by atoms with Crippen LogP contribution in [-0.2, 0) is 11.0 Å². The molecule has 0 bridgehead atoms. The summed E-state index contributed by atoms with van der Waals surface area (Å²) in [5.74, 6) is 0. The number of hydrogen-bond donors (Lipinski definition) is 1. The summed E-state index contributed by atoms with van der Waals surface area (Å²) in [6.45, 7) is 0. The van der Waals surface area contributed by atoms with Crippen molar-refractivity contribution in [3.63, 3.8) is 0 Å². The van der Waals surface area contributed by atoms with Gasteiger partial charge in [-0.3, -0.25) is 4.79 Å². The lowest BCUT2D eigenvalue weighted by atomic mass is 10.1. The number of benzene rings is 1. The molecule has 1 rings (SSSR count). The maximum absolute atomic E-state index is 12.4. The molecule has 82 valence electrons. The topological polar surface area (TPSA) is 42.9 Å². The van der Waals surface area contributed by atoms with Gasteiger partial charge in [0, 0.05) is 17.7 Å². The van der Waals surface area contributed by atoms with E-state index in [1.165, 1.54) is 18.7 Å². The molecule has 1 aromatic carbocycles. The summed E-state index contributed by atoms with van der Waals surface area (Å²) in [6, 6.07) is 3.36. The Bertz CT molecular complexity index is 363. The Kier molecular flexibility index (Phi) is 3.43. The molecular formula is C9H9F3NO2+. The molecule has 0 amide bonds. The van der Waals surface area contributed by atoms with Crippen LogP contribution in [0, 0.1) is 0 Å². The van der Waals surface area contributed by atoms with Gasteiger partial charge in [-0.05, 0) is 6.07 Å². The molecular weight excluding hydrogens is 211 g/mol. The van der Waals surface area contributed by atoms with E-state index in [2.05, 4.69) is 4.84 Å². The SMILES string of the molecule is CO[NH2+]c1ccc(C=O)c(C(F)(F)F)c1. The van der Waals surface area contributed by atoms with Crippen LogP contribution in [0.4, 0.5) is 18.9 Å². The highest BCUT2D eigenvalue weighted by Gasteiger charge is 2.34. The van der Waals surface area contributed by atoms with Crippen LogP contribution in [0.5, 0.6) is 0 Å². The van der Waals surface area contributed by atoms with E-state index in [0.717, 1.165) is 12.1 Å². The predicted molar refractivity (Wildman–Crippen MR) is 45.4 cm³/mol. The third kappa shape index (κ3) is 2.77. The Hall–Kier alpha value is -1.40. The molecule has 0 unspecified atom stereocenters. The predicted octanol–water partition coefficient (Wildman–Crippen LogP) is 1.27. The van der Waals surface area contributed by atoms with Crippen molar-refractivity contribution < 1.29 is 28.3 Å². The normalized spacial score (nSPS) is 11.5. The first-order chi connectivity index (χ1) is 6.99. The van der Waals surface area contributed by atoms with Gasteiger partial charge < -0.3 is 0 Å². The van der Waals surface area contributed by atoms with Crippen LogP contribution in [0.2, 0.25) is 0 Å². The molecule has 0 aliphatic rings. The van der Waals surface area contributed by atoms with Crippen molar-refractivity contribution >= 4 is 12.0 Å². The Balaban J connectivity index is 3.19. The van der Waals surface area contributed by atoms with Gasteiger partial charge >= 0.3 is 6.18 Å². The van der Waals surface area contributed by atoms with Gasteiger partial charge in [0.1, 0.15) is 0 Å². The van der Waals surface area contributed by atoms with Gasteiger partial charge in [0.2, 0.25) is 0 Å². The molecule has 6 heteroatoms. The highest BCUT2D eigenvalue weighted by atomic mass is 19.4. The number of nitrogens with two attached hydrogens (primary N) is 1. The third-order valence-electron chi connectivity index (χ3n) is 1.76. The summed E-state index contributed by atoms with van der Waals surface area (Å²) in [7, 11) is 1.33. The number of rotatable bonds is 3. The summed E-state index contributed by atoms with van der Waals surface area (Å²) in [5.41, 5.74) is 0.0959. The molecule has 1 aromatic rings. The molecule has 0 spiro atoms. The first kappa shape index (κ1) is 11.7. The van der Waals surface area contributed by atoms with E-state index in [0.29, 0.717) is 0 Å². The van der Waals surface area contributed by atoms with Crippen molar-refractivity contribution in [2.24, 2.45) is 0 Å². The highest BCUT2D eigenvalue weighted by molar-refractivity contribution is 5.78. The fourth-order valence-corrected chi connectivity index (χ4v) is 1.13. The van der Waals surface area contributed by atoms with Crippen LogP contribution in [-0.4, -0.2) is 13.4 Å². The summed E-state index contributed by atoms with van der Waals surface area (Å²) < 4.78 is 37.3. The maximum Gasteiger partial charge on any atom is 0.417 e. The van der Waals surface area contributed by atoms with Gasteiger partial charge in [0.05, 0.1) is 12.7 Å². The van der Waals surface area contributed by atoms with Crippen LogP contribution in [0.15, 0.2) is 18.2 Å². The second-order valence-corrected chi connectivity index (χ2v) is 2.82. The zero-order chi connectivity index (χ0) is 11.5. The Morgan fingerprint density at radius 2 is 2.07 bits per heavy atom. The lowest BCUT2D eigenvalue weighted by Gasteiger charge is -2.09. The minimum atomic E-state index is -4.53. The molecule has 0 aliphatic carbocycles. The van der Waals surface area contributed by atoms with Crippen molar-refractivity contribution in [3.8, 4) is 0 Å². The lowest BCUT2D eigenvalue weighted by Crippen LogP contribution is -2.76. The monoisotopic (exact) mass is 220 g/mol. The Morgan fingerprint density at radius 3 is 2.53 bits per heavy atom. The first-order valence-corrected chi connectivity index (χ1v) is 4.01. The van der Waals surface area contributed by atoms with E-state index in [1.807, 2.05) is 0 Å². The van der Waals surface area contributed by atoms with Gasteiger partial charge in [-0.15, -0.1) is 0 Å². The second-order valence-electron chi connectivity index (χ2n) is 2.82. The molecule has 15 heavy (non-hydrogen) atoms. The molecule has 0 atom stereocenters. The van der Waals surface area contributed by atoms with Crippen LogP contribution < -0.4 is 5.48 Å². The van der Waals surface area contributed by atoms with Crippen molar-refractivity contribution in [2.45, 2.75) is 6.18 Å². The number of carbonyl (C=O) groups is 1. The molecule has 0 radical (unpaired) electrons. The number of hydrogen-bond acceptors (Lipinski definition) is 2. The number of carbonyl (C=O) groups excluding carboxylic acids is 1. The van der Waals surface area contributed by atoms with Crippen molar-refractivity contribution in [2.75, 3.05) is 7.11 Å². The fourth-order valence-electron chi connectivity index (χ4n) is 1.13. The van der Waals surface area contributed by atoms with Gasteiger partial charge in [-0.25, -0.2) is 4.84 Å². The molecule has 0 fully saturated rings. The fraction of sp³-hybridized carbons (Fsp3) is 0.222. The van der Waals surface area contributed by atoms with Crippen molar-refractivity contribution in [3.05, 3.63) is 29.3 Å². The van der Waals surface area contributed by atoms with Gasteiger partial charge in [0.15, 0.2) is 12.0 Å². The standard InChI is InChI=1S/C9H8F3NO2/c1-15-13-7-3-2-6(5-14)8(4-7)9(10,11)12/h2-5,13H,1H3/p+1. The average molecular weight is 220 g/mol. The molecule has 0 heterocycles. The van der Waals surface area contributed by atoms with Crippen LogP contribution in [0.3, 0.4) is 0 Å².